The second kappa shape index (κ2) is 9.00. The van der Waals surface area contributed by atoms with Crippen molar-refractivity contribution in [3.63, 3.8) is 0 Å². The summed E-state index contributed by atoms with van der Waals surface area (Å²) in [6.07, 6.45) is 7.30. The fourth-order valence-electron chi connectivity index (χ4n) is 1.59. The molecule has 3 N–H and O–H groups in total. The van der Waals surface area contributed by atoms with Crippen molar-refractivity contribution in [2.75, 3.05) is 6.54 Å². The van der Waals surface area contributed by atoms with Gasteiger partial charge in [-0.05, 0) is 19.4 Å². The smallest absolute Gasteiger partial charge is 0.306 e. The van der Waals surface area contributed by atoms with Gasteiger partial charge in [0, 0.05) is 0 Å². The Hall–Kier alpha value is -0.570. The monoisotopic (exact) mass is 201 g/mol. The lowest BCUT2D eigenvalue weighted by molar-refractivity contribution is -0.142. The van der Waals surface area contributed by atoms with Gasteiger partial charge in [-0.2, -0.15) is 0 Å². The molecule has 0 saturated carbocycles. The number of unbranched alkanes of at least 4 members (excludes halogenated alkanes) is 4. The van der Waals surface area contributed by atoms with Gasteiger partial charge in [-0.1, -0.05) is 39.0 Å². The Labute approximate surface area is 86.7 Å². The summed E-state index contributed by atoms with van der Waals surface area (Å²) in [6.45, 7) is 2.65. The van der Waals surface area contributed by atoms with Crippen LogP contribution in [0.15, 0.2) is 0 Å². The van der Waals surface area contributed by atoms with Crippen molar-refractivity contribution in [2.24, 2.45) is 11.7 Å². The standard InChI is InChI=1S/C11H23NO2/c1-2-3-4-5-6-7-10(8-9-12)11(13)14/h10H,2-9,12H2,1H3,(H,13,14). The van der Waals surface area contributed by atoms with Crippen LogP contribution in [0.5, 0.6) is 0 Å². The molecule has 14 heavy (non-hydrogen) atoms. The minimum Gasteiger partial charge on any atom is -0.481 e. The van der Waals surface area contributed by atoms with Gasteiger partial charge in [0.05, 0.1) is 5.92 Å². The number of carboxylic acid groups (broad SMARTS) is 1. The maximum absolute atomic E-state index is 10.8. The molecule has 0 aliphatic heterocycles. The first kappa shape index (κ1) is 13.4. The quantitative estimate of drug-likeness (QED) is 0.563. The Morgan fingerprint density at radius 3 is 2.36 bits per heavy atom. The Morgan fingerprint density at radius 2 is 1.86 bits per heavy atom. The maximum Gasteiger partial charge on any atom is 0.306 e. The molecule has 3 nitrogen and oxygen atoms in total. The van der Waals surface area contributed by atoms with Crippen LogP contribution in [0.25, 0.3) is 0 Å². The molecule has 0 aliphatic rings. The number of carbonyl (C=O) groups is 1. The number of rotatable bonds is 9. The average molecular weight is 201 g/mol. The highest BCUT2D eigenvalue weighted by Crippen LogP contribution is 2.14. The zero-order chi connectivity index (χ0) is 10.8. The maximum atomic E-state index is 10.8. The number of hydrogen-bond donors (Lipinski definition) is 2. The summed E-state index contributed by atoms with van der Waals surface area (Å²) in [4.78, 5) is 10.8. The predicted molar refractivity (Wildman–Crippen MR) is 58.2 cm³/mol. The number of hydrogen-bond acceptors (Lipinski definition) is 2. The molecule has 1 unspecified atom stereocenters. The molecule has 0 saturated heterocycles. The van der Waals surface area contributed by atoms with Crippen LogP contribution < -0.4 is 5.73 Å². The highest BCUT2D eigenvalue weighted by molar-refractivity contribution is 5.69. The van der Waals surface area contributed by atoms with Gasteiger partial charge >= 0.3 is 5.97 Å². The van der Waals surface area contributed by atoms with E-state index in [0.717, 1.165) is 19.3 Å². The minimum absolute atomic E-state index is 0.221. The molecule has 0 aromatic rings. The Bertz CT molecular complexity index is 148. The zero-order valence-electron chi connectivity index (χ0n) is 9.17. The summed E-state index contributed by atoms with van der Waals surface area (Å²) >= 11 is 0. The first-order valence-corrected chi connectivity index (χ1v) is 5.65. The van der Waals surface area contributed by atoms with E-state index in [9.17, 15) is 4.79 Å². The molecule has 0 amide bonds. The molecular formula is C11H23NO2. The van der Waals surface area contributed by atoms with Crippen molar-refractivity contribution in [1.29, 1.82) is 0 Å². The highest BCUT2D eigenvalue weighted by atomic mass is 16.4. The second-order valence-corrected chi connectivity index (χ2v) is 3.82. The van der Waals surface area contributed by atoms with E-state index in [4.69, 9.17) is 10.8 Å². The molecule has 0 bridgehead atoms. The van der Waals surface area contributed by atoms with E-state index in [2.05, 4.69) is 6.92 Å². The van der Waals surface area contributed by atoms with Gasteiger partial charge in [-0.25, -0.2) is 0 Å². The minimum atomic E-state index is -0.689. The summed E-state index contributed by atoms with van der Waals surface area (Å²) in [5.41, 5.74) is 5.36. The molecule has 0 radical (unpaired) electrons. The van der Waals surface area contributed by atoms with Crippen molar-refractivity contribution in [3.8, 4) is 0 Å². The molecule has 0 aliphatic carbocycles. The molecule has 0 spiro atoms. The van der Waals surface area contributed by atoms with E-state index < -0.39 is 5.97 Å². The highest BCUT2D eigenvalue weighted by Gasteiger charge is 2.15. The third kappa shape index (κ3) is 6.89. The van der Waals surface area contributed by atoms with Crippen molar-refractivity contribution in [2.45, 2.75) is 51.9 Å². The molecule has 0 aromatic heterocycles. The van der Waals surface area contributed by atoms with Gasteiger partial charge in [-0.3, -0.25) is 4.79 Å². The normalized spacial score (nSPS) is 12.7. The summed E-state index contributed by atoms with van der Waals surface area (Å²) in [7, 11) is 0. The summed E-state index contributed by atoms with van der Waals surface area (Å²) in [6, 6.07) is 0. The fourth-order valence-corrected chi connectivity index (χ4v) is 1.59. The summed E-state index contributed by atoms with van der Waals surface area (Å²) in [5, 5.41) is 8.85. The number of nitrogens with two attached hydrogens (primary N) is 1. The molecular weight excluding hydrogens is 178 g/mol. The van der Waals surface area contributed by atoms with Crippen LogP contribution in [0.3, 0.4) is 0 Å². The van der Waals surface area contributed by atoms with Crippen molar-refractivity contribution >= 4 is 5.97 Å². The zero-order valence-corrected chi connectivity index (χ0v) is 9.17. The Morgan fingerprint density at radius 1 is 1.21 bits per heavy atom. The molecule has 3 heteroatoms. The SMILES string of the molecule is CCCCCCCC(CCN)C(=O)O. The first-order valence-electron chi connectivity index (χ1n) is 5.65. The van der Waals surface area contributed by atoms with Crippen LogP contribution in [-0.2, 0) is 4.79 Å². The van der Waals surface area contributed by atoms with Crippen LogP contribution in [0.2, 0.25) is 0 Å². The van der Waals surface area contributed by atoms with Gasteiger partial charge < -0.3 is 10.8 Å². The molecule has 0 rings (SSSR count). The lowest BCUT2D eigenvalue weighted by atomic mass is 9.97. The van der Waals surface area contributed by atoms with Gasteiger partial charge in [0.25, 0.3) is 0 Å². The molecule has 84 valence electrons. The van der Waals surface area contributed by atoms with Crippen LogP contribution in [0, 0.1) is 5.92 Å². The lowest BCUT2D eigenvalue weighted by Crippen LogP contribution is -2.17. The molecule has 0 fully saturated rings. The van der Waals surface area contributed by atoms with E-state index in [0.29, 0.717) is 13.0 Å². The Balaban J connectivity index is 3.46. The largest absolute Gasteiger partial charge is 0.481 e. The van der Waals surface area contributed by atoms with Gasteiger partial charge in [0.1, 0.15) is 0 Å². The Kier molecular flexibility index (Phi) is 8.64. The van der Waals surface area contributed by atoms with E-state index in [1.807, 2.05) is 0 Å². The van der Waals surface area contributed by atoms with Gasteiger partial charge in [-0.15, -0.1) is 0 Å². The van der Waals surface area contributed by atoms with Crippen molar-refractivity contribution in [3.05, 3.63) is 0 Å². The van der Waals surface area contributed by atoms with Crippen molar-refractivity contribution < 1.29 is 9.90 Å². The molecule has 1 atom stereocenters. The molecule has 0 aromatic carbocycles. The summed E-state index contributed by atoms with van der Waals surface area (Å²) < 4.78 is 0. The number of aliphatic carboxylic acids is 1. The summed E-state index contributed by atoms with van der Waals surface area (Å²) in [5.74, 6) is -0.910. The predicted octanol–water partition coefficient (Wildman–Crippen LogP) is 2.40. The third-order valence-corrected chi connectivity index (χ3v) is 2.52. The second-order valence-electron chi connectivity index (χ2n) is 3.82. The van der Waals surface area contributed by atoms with Gasteiger partial charge in [0.15, 0.2) is 0 Å². The van der Waals surface area contributed by atoms with E-state index in [-0.39, 0.29) is 5.92 Å². The van der Waals surface area contributed by atoms with Crippen LogP contribution in [-0.4, -0.2) is 17.6 Å². The average Bonchev–Trinajstić information content (AvgIpc) is 2.15. The van der Waals surface area contributed by atoms with E-state index in [1.165, 1.54) is 19.3 Å². The van der Waals surface area contributed by atoms with Crippen LogP contribution >= 0.6 is 0 Å². The third-order valence-electron chi connectivity index (χ3n) is 2.52. The molecule has 0 heterocycles. The van der Waals surface area contributed by atoms with Crippen molar-refractivity contribution in [1.82, 2.24) is 0 Å². The van der Waals surface area contributed by atoms with E-state index in [1.54, 1.807) is 0 Å². The first-order chi connectivity index (χ1) is 6.72. The van der Waals surface area contributed by atoms with E-state index >= 15 is 0 Å². The fraction of sp³-hybridized carbons (Fsp3) is 0.909. The van der Waals surface area contributed by atoms with Crippen LogP contribution in [0.4, 0.5) is 0 Å². The van der Waals surface area contributed by atoms with Gasteiger partial charge in [0.2, 0.25) is 0 Å². The lowest BCUT2D eigenvalue weighted by Gasteiger charge is -2.10. The van der Waals surface area contributed by atoms with Crippen LogP contribution in [0.1, 0.15) is 51.9 Å². The topological polar surface area (TPSA) is 63.3 Å². The number of carboxylic acids is 1.